The molecule has 20 heavy (non-hydrogen) atoms. The second kappa shape index (κ2) is 6.16. The van der Waals surface area contributed by atoms with Crippen molar-refractivity contribution in [1.29, 1.82) is 0 Å². The van der Waals surface area contributed by atoms with Crippen LogP contribution in [0.2, 0.25) is 0 Å². The monoisotopic (exact) mass is 277 g/mol. The molecule has 2 N–H and O–H groups in total. The number of imidazole rings is 1. The van der Waals surface area contributed by atoms with E-state index in [0.29, 0.717) is 5.69 Å². The van der Waals surface area contributed by atoms with E-state index in [1.165, 1.54) is 7.11 Å². The van der Waals surface area contributed by atoms with E-state index in [4.69, 9.17) is 9.84 Å². The Kier molecular flexibility index (Phi) is 4.31. The van der Waals surface area contributed by atoms with Crippen molar-refractivity contribution >= 4 is 17.5 Å². The van der Waals surface area contributed by atoms with Crippen LogP contribution in [0, 0.1) is 0 Å². The molecule has 0 aliphatic carbocycles. The zero-order valence-corrected chi connectivity index (χ0v) is 10.9. The fraction of sp³-hybridized carbons (Fsp3) is 0.308. The van der Waals surface area contributed by atoms with Crippen molar-refractivity contribution in [2.75, 3.05) is 13.7 Å². The summed E-state index contributed by atoms with van der Waals surface area (Å²) < 4.78 is 6.54. The molecule has 0 radical (unpaired) electrons. The fourth-order valence-corrected chi connectivity index (χ4v) is 1.78. The van der Waals surface area contributed by atoms with Gasteiger partial charge < -0.3 is 19.6 Å². The van der Waals surface area contributed by atoms with E-state index in [0.717, 1.165) is 5.65 Å². The first-order chi connectivity index (χ1) is 9.60. The predicted octanol–water partition coefficient (Wildman–Crippen LogP) is 0.0926. The lowest BCUT2D eigenvalue weighted by Gasteiger charge is -2.10. The number of carboxylic acid groups (broad SMARTS) is 1. The van der Waals surface area contributed by atoms with E-state index < -0.39 is 12.1 Å². The standard InChI is InChI=1S/C13H15N3O4/c1-20-10(13(18)19)7-14-12(17)6-9-8-16-5-3-2-4-11(16)15-9/h2-5,8,10H,6-7H2,1H3,(H,14,17)(H,18,19). The topological polar surface area (TPSA) is 92.9 Å². The van der Waals surface area contributed by atoms with Gasteiger partial charge in [0.05, 0.1) is 18.7 Å². The summed E-state index contributed by atoms with van der Waals surface area (Å²) in [5.41, 5.74) is 1.38. The number of nitrogens with zero attached hydrogens (tertiary/aromatic N) is 2. The van der Waals surface area contributed by atoms with E-state index in [9.17, 15) is 9.59 Å². The van der Waals surface area contributed by atoms with Gasteiger partial charge >= 0.3 is 5.97 Å². The lowest BCUT2D eigenvalue weighted by molar-refractivity contribution is -0.148. The number of aromatic nitrogens is 2. The molecule has 2 rings (SSSR count). The smallest absolute Gasteiger partial charge is 0.334 e. The molecule has 0 saturated heterocycles. The molecule has 0 aliphatic heterocycles. The Hall–Kier alpha value is -2.41. The molecule has 0 aliphatic rings. The van der Waals surface area contributed by atoms with Crippen LogP contribution in [0.5, 0.6) is 0 Å². The molecule has 1 amide bonds. The number of carboxylic acids is 1. The third-order valence-electron chi connectivity index (χ3n) is 2.80. The van der Waals surface area contributed by atoms with Crippen LogP contribution < -0.4 is 5.32 Å². The third kappa shape index (κ3) is 3.33. The molecular weight excluding hydrogens is 262 g/mol. The number of nitrogens with one attached hydrogen (secondary N) is 1. The summed E-state index contributed by atoms with van der Waals surface area (Å²) in [4.78, 5) is 26.7. The second-order valence-electron chi connectivity index (χ2n) is 4.24. The third-order valence-corrected chi connectivity index (χ3v) is 2.80. The van der Waals surface area contributed by atoms with Gasteiger partial charge in [-0.3, -0.25) is 4.79 Å². The van der Waals surface area contributed by atoms with Crippen LogP contribution in [0.1, 0.15) is 5.69 Å². The van der Waals surface area contributed by atoms with Gasteiger partial charge in [0.25, 0.3) is 0 Å². The molecule has 106 valence electrons. The Morgan fingerprint density at radius 2 is 2.30 bits per heavy atom. The second-order valence-corrected chi connectivity index (χ2v) is 4.24. The summed E-state index contributed by atoms with van der Waals surface area (Å²) in [7, 11) is 1.28. The van der Waals surface area contributed by atoms with Crippen molar-refractivity contribution < 1.29 is 19.4 Å². The number of pyridine rings is 1. The molecule has 1 atom stereocenters. The molecule has 0 bridgehead atoms. The van der Waals surface area contributed by atoms with Crippen LogP contribution in [0.25, 0.3) is 5.65 Å². The maximum atomic E-state index is 11.7. The van der Waals surface area contributed by atoms with Crippen molar-refractivity contribution in [2.24, 2.45) is 0 Å². The SMILES string of the molecule is COC(CNC(=O)Cc1cn2ccccc2n1)C(=O)O. The molecule has 7 heteroatoms. The number of rotatable bonds is 6. The van der Waals surface area contributed by atoms with Crippen LogP contribution in [-0.2, 0) is 20.7 Å². The molecule has 0 aromatic carbocycles. The first-order valence-electron chi connectivity index (χ1n) is 6.05. The summed E-state index contributed by atoms with van der Waals surface area (Å²) in [5.74, 6) is -1.41. The van der Waals surface area contributed by atoms with Gasteiger partial charge in [-0.2, -0.15) is 0 Å². The van der Waals surface area contributed by atoms with Crippen LogP contribution in [0.15, 0.2) is 30.6 Å². The Labute approximate surface area is 115 Å². The lowest BCUT2D eigenvalue weighted by Crippen LogP contribution is -2.38. The first kappa shape index (κ1) is 14.0. The molecule has 0 saturated carbocycles. The largest absolute Gasteiger partial charge is 0.479 e. The molecule has 2 aromatic heterocycles. The van der Waals surface area contributed by atoms with Gasteiger partial charge in [-0.25, -0.2) is 9.78 Å². The number of aliphatic carboxylic acids is 1. The summed E-state index contributed by atoms with van der Waals surface area (Å²) >= 11 is 0. The number of hydrogen-bond acceptors (Lipinski definition) is 4. The number of hydrogen-bond donors (Lipinski definition) is 2. The highest BCUT2D eigenvalue weighted by atomic mass is 16.5. The molecule has 7 nitrogen and oxygen atoms in total. The number of carbonyl (C=O) groups is 2. The minimum Gasteiger partial charge on any atom is -0.479 e. The average Bonchev–Trinajstić information content (AvgIpc) is 2.80. The van der Waals surface area contributed by atoms with E-state index in [-0.39, 0.29) is 18.9 Å². The maximum absolute atomic E-state index is 11.7. The minimum absolute atomic E-state index is 0.0714. The summed E-state index contributed by atoms with van der Waals surface area (Å²) in [6, 6.07) is 5.57. The van der Waals surface area contributed by atoms with Crippen LogP contribution in [0.3, 0.4) is 0 Å². The van der Waals surface area contributed by atoms with E-state index in [2.05, 4.69) is 10.3 Å². The van der Waals surface area contributed by atoms with Gasteiger partial charge in [0.15, 0.2) is 6.10 Å². The van der Waals surface area contributed by atoms with Gasteiger partial charge in [0.2, 0.25) is 5.91 Å². The molecule has 1 unspecified atom stereocenters. The minimum atomic E-state index is -1.11. The highest BCUT2D eigenvalue weighted by molar-refractivity contribution is 5.79. The van der Waals surface area contributed by atoms with Gasteiger partial charge in [-0.15, -0.1) is 0 Å². The quantitative estimate of drug-likeness (QED) is 0.780. The Balaban J connectivity index is 1.92. The summed E-state index contributed by atoms with van der Waals surface area (Å²) in [5, 5.41) is 11.3. The highest BCUT2D eigenvalue weighted by Gasteiger charge is 2.17. The number of methoxy groups -OCH3 is 1. The number of amides is 1. The van der Waals surface area contributed by atoms with Gasteiger partial charge in [0, 0.05) is 19.5 Å². The van der Waals surface area contributed by atoms with E-state index in [1.807, 2.05) is 28.8 Å². The summed E-state index contributed by atoms with van der Waals surface area (Å²) in [6.45, 7) is -0.0714. The van der Waals surface area contributed by atoms with E-state index in [1.54, 1.807) is 6.20 Å². The lowest BCUT2D eigenvalue weighted by atomic mass is 10.3. The van der Waals surface area contributed by atoms with Gasteiger partial charge in [0.1, 0.15) is 5.65 Å². The zero-order valence-electron chi connectivity index (χ0n) is 10.9. The van der Waals surface area contributed by atoms with Crippen molar-refractivity contribution in [3.05, 3.63) is 36.3 Å². The number of ether oxygens (including phenoxy) is 1. The Morgan fingerprint density at radius 3 is 2.95 bits per heavy atom. The molecule has 0 spiro atoms. The van der Waals surface area contributed by atoms with E-state index >= 15 is 0 Å². The van der Waals surface area contributed by atoms with Crippen molar-refractivity contribution in [3.63, 3.8) is 0 Å². The normalized spacial score (nSPS) is 12.2. The Bertz CT molecular complexity index is 590. The maximum Gasteiger partial charge on any atom is 0.334 e. The van der Waals surface area contributed by atoms with Crippen LogP contribution in [0.4, 0.5) is 0 Å². The van der Waals surface area contributed by atoms with Crippen molar-refractivity contribution in [1.82, 2.24) is 14.7 Å². The highest BCUT2D eigenvalue weighted by Crippen LogP contribution is 2.05. The first-order valence-corrected chi connectivity index (χ1v) is 6.05. The van der Waals surface area contributed by atoms with Gasteiger partial charge in [-0.1, -0.05) is 6.07 Å². The Morgan fingerprint density at radius 1 is 1.50 bits per heavy atom. The van der Waals surface area contributed by atoms with Crippen molar-refractivity contribution in [3.8, 4) is 0 Å². The fourth-order valence-electron chi connectivity index (χ4n) is 1.78. The summed E-state index contributed by atoms with van der Waals surface area (Å²) in [6.07, 6.45) is 2.66. The zero-order chi connectivity index (χ0) is 14.5. The average molecular weight is 277 g/mol. The number of carbonyl (C=O) groups excluding carboxylic acids is 1. The number of fused-ring (bicyclic) bond motifs is 1. The van der Waals surface area contributed by atoms with Crippen molar-refractivity contribution in [2.45, 2.75) is 12.5 Å². The molecule has 2 aromatic rings. The molecular formula is C13H15N3O4. The predicted molar refractivity (Wildman–Crippen MR) is 70.3 cm³/mol. The molecule has 0 fully saturated rings. The molecule has 2 heterocycles. The van der Waals surface area contributed by atoms with Crippen LogP contribution in [-0.4, -0.2) is 46.1 Å². The van der Waals surface area contributed by atoms with Crippen LogP contribution >= 0.6 is 0 Å². The van der Waals surface area contributed by atoms with Gasteiger partial charge in [-0.05, 0) is 12.1 Å².